The van der Waals surface area contributed by atoms with E-state index in [9.17, 15) is 0 Å². The van der Waals surface area contributed by atoms with E-state index >= 15 is 0 Å². The average Bonchev–Trinajstić information content (AvgIpc) is 3.28. The van der Waals surface area contributed by atoms with Gasteiger partial charge >= 0.3 is 0 Å². The monoisotopic (exact) mass is 435 g/mol. The normalized spacial score (nSPS) is 12.3. The zero-order chi connectivity index (χ0) is 22.5. The van der Waals surface area contributed by atoms with Crippen molar-refractivity contribution in [2.75, 3.05) is 0 Å². The molecular formula is C28H25N3S. The van der Waals surface area contributed by atoms with Crippen LogP contribution in [0.3, 0.4) is 0 Å². The van der Waals surface area contributed by atoms with Crippen molar-refractivity contribution >= 4 is 28.8 Å². The molecule has 4 aromatic rings. The molecule has 2 aromatic carbocycles. The minimum Gasteiger partial charge on any atom is -0.245 e. The lowest BCUT2D eigenvalue weighted by atomic mass is 9.98. The van der Waals surface area contributed by atoms with Crippen molar-refractivity contribution in [3.63, 3.8) is 0 Å². The van der Waals surface area contributed by atoms with Gasteiger partial charge in [0.05, 0.1) is 23.1 Å². The summed E-state index contributed by atoms with van der Waals surface area (Å²) in [6.07, 6.45) is 11.9. The van der Waals surface area contributed by atoms with Gasteiger partial charge in [-0.3, -0.25) is 0 Å². The summed E-state index contributed by atoms with van der Waals surface area (Å²) in [6.45, 7) is 10.0. The molecule has 0 radical (unpaired) electrons. The molecule has 0 bridgehead atoms. The van der Waals surface area contributed by atoms with E-state index in [1.807, 2.05) is 25.2 Å². The lowest BCUT2D eigenvalue weighted by Crippen LogP contribution is -1.96. The lowest BCUT2D eigenvalue weighted by molar-refractivity contribution is 1.30. The molecule has 158 valence electrons. The van der Waals surface area contributed by atoms with E-state index in [4.69, 9.17) is 9.36 Å². The third-order valence-electron chi connectivity index (χ3n) is 5.21. The van der Waals surface area contributed by atoms with Gasteiger partial charge in [-0.2, -0.15) is 8.75 Å². The predicted octanol–water partition coefficient (Wildman–Crippen LogP) is 7.74. The Balaban J connectivity index is 1.99. The van der Waals surface area contributed by atoms with Crippen LogP contribution in [0.5, 0.6) is 0 Å². The Labute approximate surface area is 193 Å². The van der Waals surface area contributed by atoms with E-state index in [1.165, 1.54) is 22.9 Å². The van der Waals surface area contributed by atoms with Gasteiger partial charge in [0.15, 0.2) is 0 Å². The van der Waals surface area contributed by atoms with E-state index in [0.29, 0.717) is 0 Å². The number of fused-ring (bicyclic) bond motifs is 1. The van der Waals surface area contributed by atoms with Crippen LogP contribution in [-0.2, 0) is 0 Å². The van der Waals surface area contributed by atoms with Crippen molar-refractivity contribution in [1.82, 2.24) is 13.7 Å². The van der Waals surface area contributed by atoms with Crippen LogP contribution in [0.25, 0.3) is 39.5 Å². The summed E-state index contributed by atoms with van der Waals surface area (Å²) >= 11 is 1.23. The third kappa shape index (κ3) is 4.51. The van der Waals surface area contributed by atoms with Crippen LogP contribution in [0.2, 0.25) is 0 Å². The summed E-state index contributed by atoms with van der Waals surface area (Å²) in [4.78, 5) is 5.10. The first-order chi connectivity index (χ1) is 15.6. The van der Waals surface area contributed by atoms with Crippen LogP contribution in [0.4, 0.5) is 0 Å². The number of hydrogen-bond donors (Lipinski definition) is 0. The smallest absolute Gasteiger partial charge is 0.131 e. The first-order valence-electron chi connectivity index (χ1n) is 10.5. The van der Waals surface area contributed by atoms with Crippen LogP contribution in [0.1, 0.15) is 23.7 Å². The molecular weight excluding hydrogens is 410 g/mol. The number of pyridine rings is 1. The van der Waals surface area contributed by atoms with Crippen molar-refractivity contribution in [3.8, 4) is 22.4 Å². The topological polar surface area (TPSA) is 38.7 Å². The van der Waals surface area contributed by atoms with Crippen LogP contribution in [-0.4, -0.2) is 13.7 Å². The van der Waals surface area contributed by atoms with Gasteiger partial charge in [-0.05, 0) is 38.0 Å². The molecule has 3 nitrogen and oxygen atoms in total. The first-order valence-corrected chi connectivity index (χ1v) is 11.3. The van der Waals surface area contributed by atoms with Crippen molar-refractivity contribution in [2.24, 2.45) is 0 Å². The number of benzene rings is 2. The zero-order valence-electron chi connectivity index (χ0n) is 18.5. The van der Waals surface area contributed by atoms with E-state index in [-0.39, 0.29) is 0 Å². The Bertz CT molecular complexity index is 1340. The van der Waals surface area contributed by atoms with E-state index in [0.717, 1.165) is 44.7 Å². The molecule has 0 aliphatic carbocycles. The summed E-state index contributed by atoms with van der Waals surface area (Å²) < 4.78 is 9.32. The fourth-order valence-corrected chi connectivity index (χ4v) is 4.12. The summed E-state index contributed by atoms with van der Waals surface area (Å²) in [5.41, 5.74) is 10.0. The number of hydrogen-bond acceptors (Lipinski definition) is 4. The van der Waals surface area contributed by atoms with Crippen LogP contribution in [0.15, 0.2) is 91.1 Å². The van der Waals surface area contributed by atoms with Crippen molar-refractivity contribution < 1.29 is 0 Å². The van der Waals surface area contributed by atoms with E-state index in [2.05, 4.69) is 85.5 Å². The van der Waals surface area contributed by atoms with Crippen molar-refractivity contribution in [1.29, 1.82) is 0 Å². The first kappa shape index (κ1) is 21.6. The highest BCUT2D eigenvalue weighted by molar-refractivity contribution is 7.00. The van der Waals surface area contributed by atoms with Gasteiger partial charge in [0.25, 0.3) is 0 Å². The molecule has 0 aliphatic heterocycles. The highest BCUT2D eigenvalue weighted by Gasteiger charge is 2.19. The molecule has 4 rings (SSSR count). The molecule has 2 heterocycles. The third-order valence-corrected chi connectivity index (χ3v) is 5.73. The van der Waals surface area contributed by atoms with Gasteiger partial charge in [0.2, 0.25) is 0 Å². The van der Waals surface area contributed by atoms with Crippen LogP contribution < -0.4 is 0 Å². The predicted molar refractivity (Wildman–Crippen MR) is 138 cm³/mol. The molecule has 4 heteroatoms. The molecule has 0 fully saturated rings. The number of allylic oxidation sites excluding steroid dienone is 6. The van der Waals surface area contributed by atoms with Crippen LogP contribution >= 0.6 is 11.7 Å². The Hall–Kier alpha value is -3.63. The van der Waals surface area contributed by atoms with Gasteiger partial charge in [0, 0.05) is 11.1 Å². The fourth-order valence-electron chi connectivity index (χ4n) is 3.57. The number of nitrogens with zero attached hydrogens (tertiary/aromatic N) is 3. The minimum atomic E-state index is 0.835. The summed E-state index contributed by atoms with van der Waals surface area (Å²) in [5, 5.41) is 0. The van der Waals surface area contributed by atoms with Gasteiger partial charge in [-0.1, -0.05) is 96.6 Å². The fraction of sp³-hybridized carbons (Fsp3) is 0.107. The molecule has 0 aliphatic rings. The highest BCUT2D eigenvalue weighted by atomic mass is 32.1. The number of aryl methyl sites for hydroxylation is 2. The second-order valence-electron chi connectivity index (χ2n) is 7.65. The summed E-state index contributed by atoms with van der Waals surface area (Å²) in [7, 11) is 0. The van der Waals surface area contributed by atoms with Gasteiger partial charge < -0.3 is 0 Å². The summed E-state index contributed by atoms with van der Waals surface area (Å²) in [5.74, 6) is 0. The molecule has 0 atom stereocenters. The molecule has 0 saturated heterocycles. The van der Waals surface area contributed by atoms with Crippen molar-refractivity contribution in [3.05, 3.63) is 108 Å². The Morgan fingerprint density at radius 3 is 2.09 bits per heavy atom. The van der Waals surface area contributed by atoms with Gasteiger partial charge in [-0.15, -0.1) is 0 Å². The molecule has 0 N–H and O–H groups in total. The van der Waals surface area contributed by atoms with E-state index in [1.54, 1.807) is 6.08 Å². The highest BCUT2D eigenvalue weighted by Crippen LogP contribution is 2.36. The quantitative estimate of drug-likeness (QED) is 0.291. The average molecular weight is 436 g/mol. The zero-order valence-corrected chi connectivity index (χ0v) is 19.4. The maximum Gasteiger partial charge on any atom is 0.131 e. The molecule has 0 unspecified atom stereocenters. The maximum absolute atomic E-state index is 5.10. The molecule has 2 aromatic heterocycles. The number of aromatic nitrogens is 3. The van der Waals surface area contributed by atoms with Crippen LogP contribution in [0, 0.1) is 13.8 Å². The van der Waals surface area contributed by atoms with Gasteiger partial charge in [-0.25, -0.2) is 4.98 Å². The molecule has 0 saturated carbocycles. The maximum atomic E-state index is 5.10. The Morgan fingerprint density at radius 1 is 0.844 bits per heavy atom. The molecule has 0 spiro atoms. The Kier molecular flexibility index (Phi) is 6.52. The van der Waals surface area contributed by atoms with E-state index < -0.39 is 0 Å². The molecule has 0 amide bonds. The standard InChI is InChI=1S/C28H25N3S/c1-5-7-21(8-6-2)13-18-24-25(22-14-9-19(3)10-15-22)27-28(31-32-30-27)26(29-24)23-16-11-20(4)12-17-23/h5-18H,1H2,2-4H3/b8-6-,18-13+,21-7+. The lowest BCUT2D eigenvalue weighted by Gasteiger charge is -2.11. The SMILES string of the molecule is C=C/C=C(\C=C/C)/C=C/c1nc(-c2ccc(C)cc2)c2nsnc2c1-c1ccc(C)cc1. The largest absolute Gasteiger partial charge is 0.245 e. The van der Waals surface area contributed by atoms with Gasteiger partial charge in [0.1, 0.15) is 11.0 Å². The van der Waals surface area contributed by atoms with Crippen molar-refractivity contribution in [2.45, 2.75) is 20.8 Å². The molecule has 32 heavy (non-hydrogen) atoms. The second kappa shape index (κ2) is 9.67. The summed E-state index contributed by atoms with van der Waals surface area (Å²) in [6, 6.07) is 16.9. The number of rotatable bonds is 6. The Morgan fingerprint density at radius 2 is 1.47 bits per heavy atom. The second-order valence-corrected chi connectivity index (χ2v) is 8.18. The minimum absolute atomic E-state index is 0.835.